The van der Waals surface area contributed by atoms with Gasteiger partial charge in [-0.05, 0) is 42.3 Å². The zero-order valence-corrected chi connectivity index (χ0v) is 14.4. The van der Waals surface area contributed by atoms with Gasteiger partial charge in [0.1, 0.15) is 5.75 Å². The number of nitrogens with two attached hydrogens (primary N) is 2. The van der Waals surface area contributed by atoms with Gasteiger partial charge in [0, 0.05) is 11.4 Å². The molecule has 0 aliphatic carbocycles. The predicted octanol–water partition coefficient (Wildman–Crippen LogP) is 5.11. The zero-order chi connectivity index (χ0) is 17.9. The van der Waals surface area contributed by atoms with Crippen LogP contribution in [0.3, 0.4) is 0 Å². The predicted molar refractivity (Wildman–Crippen MR) is 108 cm³/mol. The maximum Gasteiger partial charge on any atom is 0.119 e. The highest BCUT2D eigenvalue weighted by molar-refractivity contribution is 5.77. The van der Waals surface area contributed by atoms with Crippen molar-refractivity contribution in [3.63, 3.8) is 0 Å². The molecule has 128 valence electrons. The van der Waals surface area contributed by atoms with Gasteiger partial charge in [0.2, 0.25) is 0 Å². The lowest BCUT2D eigenvalue weighted by Gasteiger charge is -2.01. The highest BCUT2D eigenvalue weighted by Gasteiger charge is 1.94. The van der Waals surface area contributed by atoms with Gasteiger partial charge >= 0.3 is 0 Å². The van der Waals surface area contributed by atoms with Crippen molar-refractivity contribution in [3.05, 3.63) is 90.0 Å². The molecule has 3 aromatic carbocycles. The minimum atomic E-state index is 0.689. The molecule has 3 nitrogen and oxygen atoms in total. The highest BCUT2D eigenvalue weighted by atomic mass is 16.5. The number of ether oxygens (including phenoxy) is 1. The van der Waals surface area contributed by atoms with E-state index in [2.05, 4.69) is 0 Å². The maximum atomic E-state index is 5.85. The summed E-state index contributed by atoms with van der Waals surface area (Å²) >= 11 is 0. The van der Waals surface area contributed by atoms with E-state index in [0.717, 1.165) is 23.5 Å². The normalized spacial score (nSPS) is 10.1. The second-order valence-corrected chi connectivity index (χ2v) is 5.38. The first-order chi connectivity index (χ1) is 12.2. The fraction of sp³-hybridized carbons (Fsp3) is 0.0909. The van der Waals surface area contributed by atoms with Crippen molar-refractivity contribution >= 4 is 23.5 Å². The van der Waals surface area contributed by atoms with Gasteiger partial charge in [-0.1, -0.05) is 66.7 Å². The van der Waals surface area contributed by atoms with Crippen LogP contribution in [0.1, 0.15) is 18.1 Å². The Morgan fingerprint density at radius 1 is 0.800 bits per heavy atom. The van der Waals surface area contributed by atoms with Gasteiger partial charge in [-0.3, -0.25) is 0 Å². The molecule has 0 amide bonds. The molecule has 0 bridgehead atoms. The van der Waals surface area contributed by atoms with Crippen molar-refractivity contribution in [3.8, 4) is 5.75 Å². The highest BCUT2D eigenvalue weighted by Crippen LogP contribution is 2.18. The molecule has 0 spiro atoms. The summed E-state index contributed by atoms with van der Waals surface area (Å²) < 4.78 is 5.21. The van der Waals surface area contributed by atoms with E-state index < -0.39 is 0 Å². The van der Waals surface area contributed by atoms with E-state index in [0.29, 0.717) is 11.4 Å². The summed E-state index contributed by atoms with van der Waals surface area (Å²) in [5.74, 6) is 0.944. The van der Waals surface area contributed by atoms with E-state index in [-0.39, 0.29) is 0 Å². The van der Waals surface area contributed by atoms with Gasteiger partial charge < -0.3 is 16.2 Å². The lowest BCUT2D eigenvalue weighted by molar-refractivity contribution is 0.340. The molecule has 0 saturated heterocycles. The minimum absolute atomic E-state index is 0.689. The van der Waals surface area contributed by atoms with Crippen LogP contribution in [0.25, 0.3) is 12.2 Å². The summed E-state index contributed by atoms with van der Waals surface area (Å²) in [5.41, 5.74) is 15.0. The van der Waals surface area contributed by atoms with Crippen LogP contribution in [0.4, 0.5) is 11.4 Å². The number of hydrogen-bond donors (Lipinski definition) is 2. The van der Waals surface area contributed by atoms with Crippen molar-refractivity contribution < 1.29 is 4.74 Å². The summed E-state index contributed by atoms with van der Waals surface area (Å²) in [6.45, 7) is 2.72. The monoisotopic (exact) mass is 332 g/mol. The van der Waals surface area contributed by atoms with Crippen molar-refractivity contribution in [2.24, 2.45) is 0 Å². The average molecular weight is 332 g/mol. The van der Waals surface area contributed by atoms with Crippen LogP contribution in [0, 0.1) is 0 Å². The standard InChI is InChI=1S/C14H14N2.C8H10O/c15-13-9-8-12(14(16)10-13)7-6-11-4-2-1-3-5-11;1-2-9-8-6-4-3-5-7-8/h1-10H,15-16H2;3-7H,2H2,1H3. The molecule has 0 aliphatic rings. The molecule has 4 N–H and O–H groups in total. The van der Waals surface area contributed by atoms with Gasteiger partial charge in [-0.2, -0.15) is 0 Å². The lowest BCUT2D eigenvalue weighted by Crippen LogP contribution is -1.92. The van der Waals surface area contributed by atoms with Crippen LogP contribution >= 0.6 is 0 Å². The lowest BCUT2D eigenvalue weighted by atomic mass is 10.1. The second kappa shape index (κ2) is 9.83. The molecule has 25 heavy (non-hydrogen) atoms. The van der Waals surface area contributed by atoms with E-state index in [9.17, 15) is 0 Å². The number of hydrogen-bond acceptors (Lipinski definition) is 3. The Balaban J connectivity index is 0.000000212. The Bertz CT molecular complexity index is 784. The largest absolute Gasteiger partial charge is 0.494 e. The SMILES string of the molecule is CCOc1ccccc1.Nc1ccc(C=Cc2ccccc2)c(N)c1. The van der Waals surface area contributed by atoms with Crippen LogP contribution < -0.4 is 16.2 Å². The topological polar surface area (TPSA) is 61.3 Å². The van der Waals surface area contributed by atoms with Gasteiger partial charge in [0.05, 0.1) is 6.61 Å². The van der Waals surface area contributed by atoms with Crippen molar-refractivity contribution in [1.29, 1.82) is 0 Å². The molecule has 0 saturated carbocycles. The molecule has 0 aromatic heterocycles. The molecule has 0 heterocycles. The Morgan fingerprint density at radius 3 is 2.04 bits per heavy atom. The maximum absolute atomic E-state index is 5.85. The molecule has 0 fully saturated rings. The fourth-order valence-electron chi connectivity index (χ4n) is 2.18. The third kappa shape index (κ3) is 6.43. The smallest absolute Gasteiger partial charge is 0.119 e. The van der Waals surface area contributed by atoms with E-state index in [1.54, 1.807) is 6.07 Å². The first-order valence-electron chi connectivity index (χ1n) is 8.25. The molecule has 3 aromatic rings. The third-order valence-electron chi connectivity index (χ3n) is 3.42. The summed E-state index contributed by atoms with van der Waals surface area (Å²) in [5, 5.41) is 0. The fourth-order valence-corrected chi connectivity index (χ4v) is 2.18. The Kier molecular flexibility index (Phi) is 7.13. The van der Waals surface area contributed by atoms with Crippen LogP contribution in [-0.4, -0.2) is 6.61 Å². The summed E-state index contributed by atoms with van der Waals surface area (Å²) in [7, 11) is 0. The van der Waals surface area contributed by atoms with Crippen molar-refractivity contribution in [2.75, 3.05) is 18.1 Å². The Labute approximate surface area is 149 Å². The molecule has 3 rings (SSSR count). The van der Waals surface area contributed by atoms with Crippen molar-refractivity contribution in [1.82, 2.24) is 0 Å². The van der Waals surface area contributed by atoms with Gasteiger partial charge in [-0.15, -0.1) is 0 Å². The summed E-state index contributed by atoms with van der Waals surface area (Å²) in [6.07, 6.45) is 4.02. The van der Waals surface area contributed by atoms with Gasteiger partial charge in [-0.25, -0.2) is 0 Å². The zero-order valence-electron chi connectivity index (χ0n) is 14.4. The van der Waals surface area contributed by atoms with Crippen LogP contribution in [0.2, 0.25) is 0 Å². The number of anilines is 2. The molecule has 0 aliphatic heterocycles. The molecule has 0 radical (unpaired) electrons. The average Bonchev–Trinajstić information content (AvgIpc) is 2.64. The van der Waals surface area contributed by atoms with E-state index in [1.165, 1.54) is 0 Å². The minimum Gasteiger partial charge on any atom is -0.494 e. The number of benzene rings is 3. The van der Waals surface area contributed by atoms with Crippen LogP contribution in [0.5, 0.6) is 5.75 Å². The summed E-state index contributed by atoms with van der Waals surface area (Å²) in [6, 6.07) is 25.4. The molecular weight excluding hydrogens is 308 g/mol. The molecule has 0 unspecified atom stereocenters. The molecule has 0 atom stereocenters. The molecular formula is C22H24N2O. The first-order valence-corrected chi connectivity index (χ1v) is 8.25. The Hall–Kier alpha value is -3.20. The van der Waals surface area contributed by atoms with E-state index >= 15 is 0 Å². The van der Waals surface area contributed by atoms with Crippen molar-refractivity contribution in [2.45, 2.75) is 6.92 Å². The van der Waals surface area contributed by atoms with E-state index in [4.69, 9.17) is 16.2 Å². The molecule has 3 heteroatoms. The van der Waals surface area contributed by atoms with Gasteiger partial charge in [0.25, 0.3) is 0 Å². The number of rotatable bonds is 4. The summed E-state index contributed by atoms with van der Waals surface area (Å²) in [4.78, 5) is 0. The van der Waals surface area contributed by atoms with Crippen LogP contribution in [0.15, 0.2) is 78.9 Å². The van der Waals surface area contributed by atoms with E-state index in [1.807, 2.05) is 91.9 Å². The third-order valence-corrected chi connectivity index (χ3v) is 3.42. The number of para-hydroxylation sites is 1. The second-order valence-electron chi connectivity index (χ2n) is 5.38. The Morgan fingerprint density at radius 2 is 1.44 bits per heavy atom. The quantitative estimate of drug-likeness (QED) is 0.516. The van der Waals surface area contributed by atoms with Crippen LogP contribution in [-0.2, 0) is 0 Å². The first kappa shape index (κ1) is 18.1. The number of nitrogen functional groups attached to an aromatic ring is 2. The van der Waals surface area contributed by atoms with Gasteiger partial charge in [0.15, 0.2) is 0 Å².